The Hall–Kier alpha value is -2.05. The Labute approximate surface area is 124 Å². The molecular formula is C16H16ClN3. The van der Waals surface area contributed by atoms with Gasteiger partial charge in [0, 0.05) is 28.7 Å². The minimum atomic E-state index is -0.817. The molecule has 3 nitrogen and oxygen atoms in total. The molecule has 4 heteroatoms. The van der Waals surface area contributed by atoms with E-state index in [-0.39, 0.29) is 5.92 Å². The van der Waals surface area contributed by atoms with Gasteiger partial charge in [0.1, 0.15) is 0 Å². The van der Waals surface area contributed by atoms with Crippen LogP contribution in [0.15, 0.2) is 48.8 Å². The molecule has 0 spiro atoms. The lowest BCUT2D eigenvalue weighted by Gasteiger charge is -2.33. The summed E-state index contributed by atoms with van der Waals surface area (Å²) >= 11 is 5.89. The number of pyridine rings is 1. The van der Waals surface area contributed by atoms with Crippen molar-refractivity contribution >= 4 is 17.3 Å². The van der Waals surface area contributed by atoms with Gasteiger partial charge >= 0.3 is 0 Å². The van der Waals surface area contributed by atoms with Crippen LogP contribution in [0.5, 0.6) is 0 Å². The molecule has 1 aromatic heterocycles. The number of aromatic nitrogens is 1. The lowest BCUT2D eigenvalue weighted by atomic mass is 9.81. The molecule has 0 amide bonds. The quantitative estimate of drug-likeness (QED) is 0.915. The Morgan fingerprint density at radius 1 is 1.25 bits per heavy atom. The topological polar surface area (TPSA) is 48.7 Å². The van der Waals surface area contributed by atoms with Crippen LogP contribution in [-0.2, 0) is 5.54 Å². The van der Waals surface area contributed by atoms with Crippen LogP contribution in [0.1, 0.15) is 19.4 Å². The molecular weight excluding hydrogens is 270 g/mol. The normalized spacial score (nSPS) is 13.6. The Kier molecular flexibility index (Phi) is 4.26. The average molecular weight is 286 g/mol. The van der Waals surface area contributed by atoms with Gasteiger partial charge in [-0.3, -0.25) is 4.98 Å². The molecule has 0 saturated carbocycles. The predicted octanol–water partition coefficient (Wildman–Crippen LogP) is 4.22. The van der Waals surface area contributed by atoms with Gasteiger partial charge in [0.05, 0.1) is 6.07 Å². The third-order valence-corrected chi connectivity index (χ3v) is 3.60. The number of nitrogens with zero attached hydrogens (tertiary/aromatic N) is 2. The van der Waals surface area contributed by atoms with E-state index in [4.69, 9.17) is 11.6 Å². The summed E-state index contributed by atoms with van der Waals surface area (Å²) in [6, 6.07) is 13.5. The first-order valence-corrected chi connectivity index (χ1v) is 6.82. The second-order valence-corrected chi connectivity index (χ2v) is 5.38. The maximum Gasteiger partial charge on any atom is 0.154 e. The summed E-state index contributed by atoms with van der Waals surface area (Å²) in [6.45, 7) is 4.03. The van der Waals surface area contributed by atoms with Crippen molar-refractivity contribution in [1.82, 2.24) is 4.98 Å². The molecule has 0 aliphatic heterocycles. The zero-order chi connectivity index (χ0) is 14.6. The van der Waals surface area contributed by atoms with Gasteiger partial charge < -0.3 is 5.32 Å². The van der Waals surface area contributed by atoms with Crippen molar-refractivity contribution in [2.45, 2.75) is 19.4 Å². The van der Waals surface area contributed by atoms with Crippen LogP contribution in [0.25, 0.3) is 0 Å². The number of nitriles is 1. The highest BCUT2D eigenvalue weighted by Crippen LogP contribution is 2.33. The SMILES string of the molecule is CC(C)C(C#N)(Nc1ccc(Cl)cc1)c1cccnc1. The first-order valence-electron chi connectivity index (χ1n) is 6.44. The summed E-state index contributed by atoms with van der Waals surface area (Å²) in [7, 11) is 0. The second-order valence-electron chi connectivity index (χ2n) is 4.95. The predicted molar refractivity (Wildman–Crippen MR) is 81.4 cm³/mol. The Balaban J connectivity index is 2.43. The lowest BCUT2D eigenvalue weighted by molar-refractivity contribution is 0.443. The highest BCUT2D eigenvalue weighted by atomic mass is 35.5. The molecule has 2 rings (SSSR count). The van der Waals surface area contributed by atoms with Gasteiger partial charge in [-0.15, -0.1) is 0 Å². The highest BCUT2D eigenvalue weighted by Gasteiger charge is 2.36. The minimum absolute atomic E-state index is 0.0763. The lowest BCUT2D eigenvalue weighted by Crippen LogP contribution is -2.39. The summed E-state index contributed by atoms with van der Waals surface area (Å²) in [4.78, 5) is 4.12. The van der Waals surface area contributed by atoms with E-state index in [1.165, 1.54) is 0 Å². The first kappa shape index (κ1) is 14.4. The van der Waals surface area contributed by atoms with Gasteiger partial charge in [-0.05, 0) is 36.2 Å². The van der Waals surface area contributed by atoms with Gasteiger partial charge in [-0.2, -0.15) is 5.26 Å². The van der Waals surface area contributed by atoms with Gasteiger partial charge in [-0.25, -0.2) is 0 Å². The van der Waals surface area contributed by atoms with Crippen LogP contribution >= 0.6 is 11.6 Å². The fourth-order valence-electron chi connectivity index (χ4n) is 2.13. The molecule has 20 heavy (non-hydrogen) atoms. The zero-order valence-corrected chi connectivity index (χ0v) is 12.2. The van der Waals surface area contributed by atoms with Crippen molar-refractivity contribution in [3.05, 3.63) is 59.4 Å². The Morgan fingerprint density at radius 2 is 1.95 bits per heavy atom. The number of halogens is 1. The third kappa shape index (κ3) is 2.76. The molecule has 0 saturated heterocycles. The summed E-state index contributed by atoms with van der Waals surface area (Å²) in [5, 5.41) is 13.7. The molecule has 2 aromatic rings. The Morgan fingerprint density at radius 3 is 2.45 bits per heavy atom. The van der Waals surface area contributed by atoms with E-state index in [1.54, 1.807) is 24.5 Å². The van der Waals surface area contributed by atoms with Crippen molar-refractivity contribution in [1.29, 1.82) is 5.26 Å². The summed E-state index contributed by atoms with van der Waals surface area (Å²) < 4.78 is 0. The fourth-order valence-corrected chi connectivity index (χ4v) is 2.25. The van der Waals surface area contributed by atoms with Gasteiger partial charge in [0.15, 0.2) is 5.54 Å². The summed E-state index contributed by atoms with van der Waals surface area (Å²) in [5.41, 5.74) is 0.892. The number of hydrogen-bond acceptors (Lipinski definition) is 3. The molecule has 0 aliphatic carbocycles. The van der Waals surface area contributed by atoms with Gasteiger partial charge in [0.2, 0.25) is 0 Å². The van der Waals surface area contributed by atoms with E-state index in [9.17, 15) is 5.26 Å². The molecule has 1 atom stereocenters. The molecule has 0 bridgehead atoms. The molecule has 1 heterocycles. The van der Waals surface area contributed by atoms with Crippen LogP contribution in [0.3, 0.4) is 0 Å². The van der Waals surface area contributed by atoms with Crippen molar-refractivity contribution < 1.29 is 0 Å². The Bertz CT molecular complexity index is 602. The van der Waals surface area contributed by atoms with Gasteiger partial charge in [0.25, 0.3) is 0 Å². The number of nitrogens with one attached hydrogen (secondary N) is 1. The van der Waals surface area contributed by atoms with Crippen LogP contribution in [-0.4, -0.2) is 4.98 Å². The number of hydrogen-bond donors (Lipinski definition) is 1. The van der Waals surface area contributed by atoms with Crippen LogP contribution in [0, 0.1) is 17.2 Å². The van der Waals surface area contributed by atoms with E-state index >= 15 is 0 Å². The van der Waals surface area contributed by atoms with E-state index < -0.39 is 5.54 Å². The fraction of sp³-hybridized carbons (Fsp3) is 0.250. The van der Waals surface area contributed by atoms with Crippen LogP contribution < -0.4 is 5.32 Å². The maximum atomic E-state index is 9.75. The van der Waals surface area contributed by atoms with E-state index in [2.05, 4.69) is 16.4 Å². The summed E-state index contributed by atoms with van der Waals surface area (Å²) in [5.74, 6) is 0.0763. The summed E-state index contributed by atoms with van der Waals surface area (Å²) in [6.07, 6.45) is 3.43. The number of benzene rings is 1. The highest BCUT2D eigenvalue weighted by molar-refractivity contribution is 6.30. The van der Waals surface area contributed by atoms with Crippen LogP contribution in [0.2, 0.25) is 5.02 Å². The largest absolute Gasteiger partial charge is 0.363 e. The molecule has 102 valence electrons. The number of rotatable bonds is 4. The van der Waals surface area contributed by atoms with Crippen molar-refractivity contribution in [3.8, 4) is 6.07 Å². The van der Waals surface area contributed by atoms with Crippen molar-refractivity contribution in [2.24, 2.45) is 5.92 Å². The van der Waals surface area contributed by atoms with Crippen LogP contribution in [0.4, 0.5) is 5.69 Å². The zero-order valence-electron chi connectivity index (χ0n) is 11.5. The van der Waals surface area contributed by atoms with E-state index in [1.807, 2.05) is 38.1 Å². The van der Waals surface area contributed by atoms with Crippen molar-refractivity contribution in [3.63, 3.8) is 0 Å². The van der Waals surface area contributed by atoms with E-state index in [0.717, 1.165) is 11.3 Å². The first-order chi connectivity index (χ1) is 9.58. The standard InChI is InChI=1S/C16H16ClN3/c1-12(2)16(11-18,13-4-3-9-19-10-13)20-15-7-5-14(17)6-8-15/h3-10,12,20H,1-2H3. The second kappa shape index (κ2) is 5.94. The van der Waals surface area contributed by atoms with Gasteiger partial charge in [-0.1, -0.05) is 31.5 Å². The van der Waals surface area contributed by atoms with E-state index in [0.29, 0.717) is 5.02 Å². The molecule has 0 radical (unpaired) electrons. The van der Waals surface area contributed by atoms with Crippen molar-refractivity contribution in [2.75, 3.05) is 5.32 Å². The molecule has 0 aliphatic rings. The maximum absolute atomic E-state index is 9.75. The molecule has 1 N–H and O–H groups in total. The smallest absolute Gasteiger partial charge is 0.154 e. The average Bonchev–Trinajstić information content (AvgIpc) is 2.47. The molecule has 1 aromatic carbocycles. The third-order valence-electron chi connectivity index (χ3n) is 3.34. The number of anilines is 1. The monoisotopic (exact) mass is 285 g/mol. The molecule has 0 fully saturated rings. The molecule has 1 unspecified atom stereocenters. The minimum Gasteiger partial charge on any atom is -0.363 e.